The summed E-state index contributed by atoms with van der Waals surface area (Å²) in [5, 5.41) is 4.87. The van der Waals surface area contributed by atoms with Gasteiger partial charge >= 0.3 is 0 Å². The first kappa shape index (κ1) is 14.5. The number of thiophene rings is 1. The Morgan fingerprint density at radius 1 is 1.42 bits per heavy atom. The maximum Gasteiger partial charge on any atom is 0.242 e. The van der Waals surface area contributed by atoms with E-state index in [0.29, 0.717) is 6.54 Å². The molecule has 4 nitrogen and oxygen atoms in total. The van der Waals surface area contributed by atoms with Crippen molar-refractivity contribution in [1.29, 1.82) is 0 Å². The van der Waals surface area contributed by atoms with Crippen molar-refractivity contribution in [3.63, 3.8) is 0 Å². The number of carbonyl (C=O) groups is 1. The summed E-state index contributed by atoms with van der Waals surface area (Å²) in [6.07, 6.45) is 5.00. The van der Waals surface area contributed by atoms with Crippen LogP contribution in [0.4, 0.5) is 0 Å². The molecular formula is C14H23N3OS. The number of hydrogen-bond donors (Lipinski definition) is 2. The molecule has 2 heterocycles. The van der Waals surface area contributed by atoms with Gasteiger partial charge in [0.1, 0.15) is 6.04 Å². The average molecular weight is 281 g/mol. The van der Waals surface area contributed by atoms with Gasteiger partial charge in [0.25, 0.3) is 0 Å². The summed E-state index contributed by atoms with van der Waals surface area (Å²) in [7, 11) is 0. The normalized spacial score (nSPS) is 18.2. The van der Waals surface area contributed by atoms with E-state index in [9.17, 15) is 4.79 Å². The lowest BCUT2D eigenvalue weighted by Gasteiger charge is -2.26. The number of nitrogens with one attached hydrogen (secondary N) is 1. The van der Waals surface area contributed by atoms with Gasteiger partial charge in [0.15, 0.2) is 0 Å². The highest BCUT2D eigenvalue weighted by Gasteiger charge is 2.16. The SMILES string of the molecule is NC(C(=O)NCCCN1CCCCC1)c1cccs1. The maximum absolute atomic E-state index is 11.8. The second kappa shape index (κ2) is 7.62. The molecule has 1 amide bonds. The van der Waals surface area contributed by atoms with Crippen molar-refractivity contribution >= 4 is 17.2 Å². The Morgan fingerprint density at radius 2 is 2.21 bits per heavy atom. The van der Waals surface area contributed by atoms with Gasteiger partial charge in [-0.25, -0.2) is 0 Å². The number of hydrogen-bond acceptors (Lipinski definition) is 4. The molecule has 106 valence electrons. The molecule has 2 rings (SSSR count). The van der Waals surface area contributed by atoms with E-state index in [-0.39, 0.29) is 5.91 Å². The van der Waals surface area contributed by atoms with Gasteiger partial charge in [-0.1, -0.05) is 12.5 Å². The minimum absolute atomic E-state index is 0.0684. The third-order valence-corrected chi connectivity index (χ3v) is 4.49. The van der Waals surface area contributed by atoms with Crippen molar-refractivity contribution in [2.75, 3.05) is 26.2 Å². The molecule has 0 spiro atoms. The van der Waals surface area contributed by atoms with Gasteiger partial charge in [-0.05, 0) is 50.3 Å². The van der Waals surface area contributed by atoms with Crippen LogP contribution in [0.5, 0.6) is 0 Å². The van der Waals surface area contributed by atoms with E-state index >= 15 is 0 Å². The van der Waals surface area contributed by atoms with Crippen LogP contribution in [0.2, 0.25) is 0 Å². The Labute approximate surface area is 119 Å². The first-order chi connectivity index (χ1) is 9.27. The third kappa shape index (κ3) is 4.60. The van der Waals surface area contributed by atoms with Crippen molar-refractivity contribution < 1.29 is 4.79 Å². The molecule has 0 aliphatic carbocycles. The number of likely N-dealkylation sites (tertiary alicyclic amines) is 1. The van der Waals surface area contributed by atoms with Crippen LogP contribution in [-0.4, -0.2) is 37.0 Å². The van der Waals surface area contributed by atoms with E-state index in [4.69, 9.17) is 5.73 Å². The largest absolute Gasteiger partial charge is 0.354 e. The minimum atomic E-state index is -0.519. The summed E-state index contributed by atoms with van der Waals surface area (Å²) in [6.45, 7) is 4.22. The third-order valence-electron chi connectivity index (χ3n) is 3.53. The molecule has 1 aliphatic heterocycles. The van der Waals surface area contributed by atoms with Gasteiger partial charge in [-0.2, -0.15) is 0 Å². The number of piperidine rings is 1. The molecule has 0 bridgehead atoms. The maximum atomic E-state index is 11.8. The zero-order valence-electron chi connectivity index (χ0n) is 11.3. The van der Waals surface area contributed by atoms with E-state index in [1.807, 2.05) is 17.5 Å². The highest BCUT2D eigenvalue weighted by Crippen LogP contribution is 2.16. The van der Waals surface area contributed by atoms with Crippen LogP contribution in [0.3, 0.4) is 0 Å². The Balaban J connectivity index is 1.61. The van der Waals surface area contributed by atoms with Gasteiger partial charge in [0.05, 0.1) is 0 Å². The quantitative estimate of drug-likeness (QED) is 0.781. The summed E-state index contributed by atoms with van der Waals surface area (Å²) in [4.78, 5) is 15.3. The summed E-state index contributed by atoms with van der Waals surface area (Å²) in [5.41, 5.74) is 5.90. The molecular weight excluding hydrogens is 258 g/mol. The topological polar surface area (TPSA) is 58.4 Å². The molecule has 5 heteroatoms. The fourth-order valence-electron chi connectivity index (χ4n) is 2.40. The van der Waals surface area contributed by atoms with Crippen molar-refractivity contribution in [1.82, 2.24) is 10.2 Å². The number of nitrogens with zero attached hydrogens (tertiary/aromatic N) is 1. The van der Waals surface area contributed by atoms with Gasteiger partial charge in [0, 0.05) is 11.4 Å². The molecule has 0 radical (unpaired) electrons. The highest BCUT2D eigenvalue weighted by molar-refractivity contribution is 7.10. The van der Waals surface area contributed by atoms with E-state index in [1.165, 1.54) is 43.7 Å². The average Bonchev–Trinajstić information content (AvgIpc) is 2.98. The summed E-state index contributed by atoms with van der Waals surface area (Å²) in [6, 6.07) is 3.31. The van der Waals surface area contributed by atoms with E-state index in [0.717, 1.165) is 17.8 Å². The first-order valence-electron chi connectivity index (χ1n) is 7.06. The van der Waals surface area contributed by atoms with Crippen LogP contribution >= 0.6 is 11.3 Å². The molecule has 1 saturated heterocycles. The fourth-order valence-corrected chi connectivity index (χ4v) is 3.13. The molecule has 1 aromatic heterocycles. The van der Waals surface area contributed by atoms with E-state index in [2.05, 4.69) is 10.2 Å². The predicted octanol–water partition coefficient (Wildman–Crippen LogP) is 1.74. The Kier molecular flexibility index (Phi) is 5.82. The van der Waals surface area contributed by atoms with Crippen LogP contribution in [0.25, 0.3) is 0 Å². The number of nitrogens with two attached hydrogens (primary N) is 1. The molecule has 1 unspecified atom stereocenters. The highest BCUT2D eigenvalue weighted by atomic mass is 32.1. The first-order valence-corrected chi connectivity index (χ1v) is 7.94. The van der Waals surface area contributed by atoms with Crippen molar-refractivity contribution in [2.24, 2.45) is 5.73 Å². The number of rotatable bonds is 6. The van der Waals surface area contributed by atoms with Crippen LogP contribution in [0, 0.1) is 0 Å². The zero-order chi connectivity index (χ0) is 13.5. The van der Waals surface area contributed by atoms with Crippen LogP contribution in [-0.2, 0) is 4.79 Å². The van der Waals surface area contributed by atoms with Crippen molar-refractivity contribution in [3.8, 4) is 0 Å². The second-order valence-electron chi connectivity index (χ2n) is 5.04. The Hall–Kier alpha value is -0.910. The number of amides is 1. The van der Waals surface area contributed by atoms with Gasteiger partial charge in [-0.15, -0.1) is 11.3 Å². The summed E-state index contributed by atoms with van der Waals surface area (Å²) in [5.74, 6) is -0.0684. The molecule has 19 heavy (non-hydrogen) atoms. The standard InChI is InChI=1S/C14H23N3OS/c15-13(12-6-4-11-19-12)14(18)16-7-5-10-17-8-2-1-3-9-17/h4,6,11,13H,1-3,5,7-10,15H2,(H,16,18). The molecule has 3 N–H and O–H groups in total. The molecule has 1 fully saturated rings. The van der Waals surface area contributed by atoms with E-state index in [1.54, 1.807) is 0 Å². The van der Waals surface area contributed by atoms with Crippen LogP contribution in [0.15, 0.2) is 17.5 Å². The van der Waals surface area contributed by atoms with Gasteiger partial charge < -0.3 is 16.0 Å². The lowest BCUT2D eigenvalue weighted by atomic mass is 10.1. The van der Waals surface area contributed by atoms with Gasteiger partial charge in [-0.3, -0.25) is 4.79 Å². The second-order valence-corrected chi connectivity index (χ2v) is 6.02. The van der Waals surface area contributed by atoms with Crippen LogP contribution < -0.4 is 11.1 Å². The molecule has 1 atom stereocenters. The minimum Gasteiger partial charge on any atom is -0.354 e. The lowest BCUT2D eigenvalue weighted by molar-refractivity contribution is -0.122. The molecule has 0 saturated carbocycles. The Morgan fingerprint density at radius 3 is 2.89 bits per heavy atom. The predicted molar refractivity (Wildman–Crippen MR) is 79.2 cm³/mol. The van der Waals surface area contributed by atoms with Crippen molar-refractivity contribution in [3.05, 3.63) is 22.4 Å². The van der Waals surface area contributed by atoms with E-state index < -0.39 is 6.04 Å². The summed E-state index contributed by atoms with van der Waals surface area (Å²) < 4.78 is 0. The smallest absolute Gasteiger partial charge is 0.242 e. The molecule has 1 aromatic rings. The van der Waals surface area contributed by atoms with Crippen LogP contribution in [0.1, 0.15) is 36.6 Å². The lowest BCUT2D eigenvalue weighted by Crippen LogP contribution is -2.36. The van der Waals surface area contributed by atoms with Crippen molar-refractivity contribution in [2.45, 2.75) is 31.7 Å². The molecule has 0 aromatic carbocycles. The number of carbonyl (C=O) groups excluding carboxylic acids is 1. The molecule has 1 aliphatic rings. The fraction of sp³-hybridized carbons (Fsp3) is 0.643. The van der Waals surface area contributed by atoms with Gasteiger partial charge in [0.2, 0.25) is 5.91 Å². The monoisotopic (exact) mass is 281 g/mol. The Bertz CT molecular complexity index is 374. The zero-order valence-corrected chi connectivity index (χ0v) is 12.1. The summed E-state index contributed by atoms with van der Waals surface area (Å²) >= 11 is 1.53.